The monoisotopic (exact) mass is 262 g/mol. The highest BCUT2D eigenvalue weighted by atomic mass is 35.5. The van der Waals surface area contributed by atoms with Gasteiger partial charge in [0.1, 0.15) is 5.38 Å². The van der Waals surface area contributed by atoms with E-state index in [9.17, 15) is 18.0 Å². The number of carbonyl (C=O) groups is 1. The second-order valence-corrected chi connectivity index (χ2v) is 5.35. The van der Waals surface area contributed by atoms with E-state index in [0.29, 0.717) is 0 Å². The van der Waals surface area contributed by atoms with E-state index in [1.54, 1.807) is 13.8 Å². The molecule has 0 radical (unpaired) electrons. The summed E-state index contributed by atoms with van der Waals surface area (Å²) in [6, 6.07) is 0. The van der Waals surface area contributed by atoms with E-state index in [4.69, 9.17) is 23.2 Å². The van der Waals surface area contributed by atoms with Gasteiger partial charge in [0.2, 0.25) is 5.24 Å². The first-order chi connectivity index (χ1) is 6.58. The van der Waals surface area contributed by atoms with E-state index in [0.717, 1.165) is 0 Å². The molecular weight excluding hydrogens is 252 g/mol. The third-order valence-corrected chi connectivity index (χ3v) is 3.77. The number of alkyl halides is 4. The van der Waals surface area contributed by atoms with Crippen LogP contribution >= 0.6 is 23.2 Å². The van der Waals surface area contributed by atoms with Gasteiger partial charge in [-0.25, -0.2) is 0 Å². The third-order valence-electron chi connectivity index (χ3n) is 3.11. The normalized spacial score (nSPS) is 31.1. The van der Waals surface area contributed by atoms with Crippen LogP contribution in [0.4, 0.5) is 13.2 Å². The van der Waals surface area contributed by atoms with Crippen molar-refractivity contribution in [2.45, 2.75) is 31.8 Å². The summed E-state index contributed by atoms with van der Waals surface area (Å²) in [7, 11) is 0. The van der Waals surface area contributed by atoms with Gasteiger partial charge in [-0.15, -0.1) is 11.6 Å². The smallest absolute Gasteiger partial charge is 0.281 e. The van der Waals surface area contributed by atoms with Crippen molar-refractivity contribution in [1.82, 2.24) is 0 Å². The van der Waals surface area contributed by atoms with Crippen molar-refractivity contribution in [2.24, 2.45) is 17.3 Å². The maximum atomic E-state index is 12.2. The van der Waals surface area contributed by atoms with E-state index in [-0.39, 0.29) is 12.3 Å². The lowest BCUT2D eigenvalue weighted by molar-refractivity contribution is -0.133. The van der Waals surface area contributed by atoms with Crippen LogP contribution in [0.1, 0.15) is 20.3 Å². The molecule has 0 bridgehead atoms. The summed E-state index contributed by atoms with van der Waals surface area (Å²) >= 11 is 10.5. The average molecular weight is 263 g/mol. The van der Waals surface area contributed by atoms with Crippen molar-refractivity contribution >= 4 is 28.4 Å². The lowest BCUT2D eigenvalue weighted by Gasteiger charge is -2.13. The summed E-state index contributed by atoms with van der Waals surface area (Å²) in [4.78, 5) is 10.9. The van der Waals surface area contributed by atoms with Crippen LogP contribution in [0.5, 0.6) is 0 Å². The molecule has 0 aromatic heterocycles. The highest BCUT2D eigenvalue weighted by Gasteiger charge is 2.62. The second kappa shape index (κ2) is 3.81. The maximum Gasteiger partial charge on any atom is 0.404 e. The Balaban J connectivity index is 2.59. The zero-order valence-electron chi connectivity index (χ0n) is 8.24. The SMILES string of the molecule is CC1(C)C(CC(Cl)C(F)(F)F)C1C(=O)Cl. The molecule has 3 atom stereocenters. The fourth-order valence-electron chi connectivity index (χ4n) is 1.99. The van der Waals surface area contributed by atoms with Crippen LogP contribution in [-0.2, 0) is 4.79 Å². The summed E-state index contributed by atoms with van der Waals surface area (Å²) in [5, 5.41) is -2.47. The molecule has 1 aliphatic rings. The molecule has 1 aliphatic carbocycles. The fourth-order valence-corrected chi connectivity index (χ4v) is 2.62. The molecule has 1 nitrogen and oxygen atoms in total. The molecule has 6 heteroatoms. The van der Waals surface area contributed by atoms with Crippen LogP contribution in [-0.4, -0.2) is 16.8 Å². The lowest BCUT2D eigenvalue weighted by atomic mass is 10.1. The van der Waals surface area contributed by atoms with E-state index in [2.05, 4.69) is 0 Å². The van der Waals surface area contributed by atoms with Gasteiger partial charge in [0.25, 0.3) is 0 Å². The molecular formula is C9H11Cl2F3O. The zero-order chi connectivity index (χ0) is 12.0. The first-order valence-corrected chi connectivity index (χ1v) is 5.30. The third kappa shape index (κ3) is 2.59. The minimum Gasteiger partial charge on any atom is -0.281 e. The molecule has 1 saturated carbocycles. The molecule has 0 heterocycles. The van der Waals surface area contributed by atoms with E-state index < -0.39 is 28.1 Å². The Kier molecular flexibility index (Phi) is 3.33. The summed E-state index contributed by atoms with van der Waals surface area (Å²) in [6.45, 7) is 3.45. The molecule has 0 spiro atoms. The van der Waals surface area contributed by atoms with Gasteiger partial charge in [0.05, 0.1) is 0 Å². The molecule has 0 amide bonds. The predicted octanol–water partition coefficient (Wildman–Crippen LogP) is 3.58. The minimum atomic E-state index is -4.42. The Morgan fingerprint density at radius 3 is 2.20 bits per heavy atom. The van der Waals surface area contributed by atoms with Gasteiger partial charge in [-0.2, -0.15) is 13.2 Å². The topological polar surface area (TPSA) is 17.1 Å². The Labute approximate surface area is 95.9 Å². The largest absolute Gasteiger partial charge is 0.404 e. The summed E-state index contributed by atoms with van der Waals surface area (Å²) in [5.41, 5.74) is -0.461. The Bertz CT molecular complexity index is 275. The number of halogens is 5. The van der Waals surface area contributed by atoms with Crippen LogP contribution in [0.15, 0.2) is 0 Å². The van der Waals surface area contributed by atoms with Crippen molar-refractivity contribution < 1.29 is 18.0 Å². The van der Waals surface area contributed by atoms with E-state index in [1.165, 1.54) is 0 Å². The molecule has 0 saturated heterocycles. The highest BCUT2D eigenvalue weighted by molar-refractivity contribution is 6.64. The van der Waals surface area contributed by atoms with Crippen LogP contribution in [0.3, 0.4) is 0 Å². The van der Waals surface area contributed by atoms with E-state index >= 15 is 0 Å². The van der Waals surface area contributed by atoms with Crippen LogP contribution in [0.25, 0.3) is 0 Å². The van der Waals surface area contributed by atoms with E-state index in [1.807, 2.05) is 0 Å². The molecule has 1 fully saturated rings. The molecule has 0 aromatic rings. The van der Waals surface area contributed by atoms with Crippen molar-refractivity contribution in [2.75, 3.05) is 0 Å². The van der Waals surface area contributed by atoms with Gasteiger partial charge in [0, 0.05) is 5.92 Å². The van der Waals surface area contributed by atoms with Crippen LogP contribution in [0.2, 0.25) is 0 Å². The van der Waals surface area contributed by atoms with Gasteiger partial charge >= 0.3 is 6.18 Å². The standard InChI is InChI=1S/C9H11Cl2F3O/c1-8(2)4(6(8)7(11)15)3-5(10)9(12,13)14/h4-6H,3H2,1-2H3. The molecule has 15 heavy (non-hydrogen) atoms. The van der Waals surface area contributed by atoms with Crippen LogP contribution < -0.4 is 0 Å². The lowest BCUT2D eigenvalue weighted by Crippen LogP contribution is -2.24. The highest BCUT2D eigenvalue weighted by Crippen LogP contribution is 2.62. The average Bonchev–Trinajstić information content (AvgIpc) is 2.50. The number of carbonyl (C=O) groups excluding carboxylic acids is 1. The predicted molar refractivity (Wildman–Crippen MR) is 51.9 cm³/mol. The molecule has 0 aromatic carbocycles. The Morgan fingerprint density at radius 2 is 1.93 bits per heavy atom. The number of hydrogen-bond donors (Lipinski definition) is 0. The molecule has 0 aliphatic heterocycles. The van der Waals surface area contributed by atoms with Gasteiger partial charge < -0.3 is 0 Å². The van der Waals surface area contributed by atoms with Crippen molar-refractivity contribution in [3.05, 3.63) is 0 Å². The van der Waals surface area contributed by atoms with Gasteiger partial charge in [-0.1, -0.05) is 13.8 Å². The Morgan fingerprint density at radius 1 is 1.47 bits per heavy atom. The number of rotatable bonds is 3. The van der Waals surface area contributed by atoms with Gasteiger partial charge in [0.15, 0.2) is 0 Å². The van der Waals surface area contributed by atoms with Gasteiger partial charge in [-0.3, -0.25) is 4.79 Å². The first kappa shape index (κ1) is 13.1. The summed E-state index contributed by atoms with van der Waals surface area (Å²) in [6.07, 6.45) is -4.67. The summed E-state index contributed by atoms with van der Waals surface area (Å²) < 4.78 is 36.5. The fraction of sp³-hybridized carbons (Fsp3) is 0.889. The molecule has 3 unspecified atom stereocenters. The van der Waals surface area contributed by atoms with Crippen LogP contribution in [0, 0.1) is 17.3 Å². The van der Waals surface area contributed by atoms with Gasteiger partial charge in [-0.05, 0) is 29.4 Å². The maximum absolute atomic E-state index is 12.2. The first-order valence-electron chi connectivity index (χ1n) is 4.48. The Hall–Kier alpha value is 0.0400. The molecule has 88 valence electrons. The van der Waals surface area contributed by atoms with Crippen molar-refractivity contribution in [3.63, 3.8) is 0 Å². The van der Waals surface area contributed by atoms with Crippen molar-refractivity contribution in [1.29, 1.82) is 0 Å². The molecule has 0 N–H and O–H groups in total. The zero-order valence-corrected chi connectivity index (χ0v) is 9.75. The van der Waals surface area contributed by atoms with Crippen molar-refractivity contribution in [3.8, 4) is 0 Å². The second-order valence-electron chi connectivity index (χ2n) is 4.45. The number of hydrogen-bond acceptors (Lipinski definition) is 1. The summed E-state index contributed by atoms with van der Waals surface area (Å²) in [5.74, 6) is -0.866. The molecule has 1 rings (SSSR count). The quantitative estimate of drug-likeness (QED) is 0.561. The minimum absolute atomic E-state index is 0.249.